The minimum atomic E-state index is -1.35. The molecule has 0 aliphatic carbocycles. The highest BCUT2D eigenvalue weighted by Crippen LogP contribution is 2.03. The Hall–Kier alpha value is -1.83. The van der Waals surface area contributed by atoms with Crippen molar-refractivity contribution in [1.82, 2.24) is 15.1 Å². The zero-order valence-electron chi connectivity index (χ0n) is 10.1. The Balaban J connectivity index is 2.60. The first-order valence-corrected chi connectivity index (χ1v) is 5.58. The molecule has 3 N–H and O–H groups in total. The molecule has 0 unspecified atom stereocenters. The predicted molar refractivity (Wildman–Crippen MR) is 60.9 cm³/mol. The second kappa shape index (κ2) is 6.20. The Morgan fingerprint density at radius 2 is 2.11 bits per heavy atom. The van der Waals surface area contributed by atoms with E-state index in [1.807, 2.05) is 0 Å². The number of carbonyl (C=O) groups is 3. The highest BCUT2D eigenvalue weighted by molar-refractivity contribution is 5.87. The lowest BCUT2D eigenvalue weighted by Gasteiger charge is -2.22. The van der Waals surface area contributed by atoms with Gasteiger partial charge in [-0.05, 0) is 6.42 Å². The van der Waals surface area contributed by atoms with Gasteiger partial charge in [-0.15, -0.1) is 0 Å². The summed E-state index contributed by atoms with van der Waals surface area (Å²) < 4.78 is 0. The third-order valence-electron chi connectivity index (χ3n) is 2.74. The van der Waals surface area contributed by atoms with Crippen molar-refractivity contribution in [3.63, 3.8) is 0 Å². The van der Waals surface area contributed by atoms with Crippen molar-refractivity contribution in [1.29, 1.82) is 0 Å². The lowest BCUT2D eigenvalue weighted by atomic mass is 10.3. The Labute approximate surface area is 104 Å². The number of nitrogens with one attached hydrogen (secondary N) is 1. The number of hydrogen-bond donors (Lipinski definition) is 3. The van der Waals surface area contributed by atoms with Gasteiger partial charge in [0.2, 0.25) is 5.91 Å². The van der Waals surface area contributed by atoms with Gasteiger partial charge in [-0.25, -0.2) is 9.59 Å². The van der Waals surface area contributed by atoms with E-state index in [2.05, 4.69) is 5.32 Å². The molecule has 3 amide bonds. The van der Waals surface area contributed by atoms with Crippen LogP contribution in [0, 0.1) is 0 Å². The van der Waals surface area contributed by atoms with Crippen LogP contribution in [0.3, 0.4) is 0 Å². The lowest BCUT2D eigenvalue weighted by Crippen LogP contribution is -2.51. The largest absolute Gasteiger partial charge is 0.480 e. The fourth-order valence-corrected chi connectivity index (χ4v) is 1.59. The average Bonchev–Trinajstić information content (AvgIpc) is 2.48. The van der Waals surface area contributed by atoms with E-state index in [4.69, 9.17) is 10.2 Å². The van der Waals surface area contributed by atoms with Crippen LogP contribution in [-0.2, 0) is 9.59 Å². The van der Waals surface area contributed by atoms with Crippen LogP contribution in [0.15, 0.2) is 0 Å². The van der Waals surface area contributed by atoms with Gasteiger partial charge < -0.3 is 25.3 Å². The molecule has 0 aromatic rings. The molecule has 1 aliphatic rings. The SMILES string of the molecule is CN1CCCN(C(=O)N[C@@H](CO)C(=O)O)CC1=O. The fraction of sp³-hybridized carbons (Fsp3) is 0.700. The van der Waals surface area contributed by atoms with E-state index >= 15 is 0 Å². The lowest BCUT2D eigenvalue weighted by molar-refractivity contribution is -0.140. The van der Waals surface area contributed by atoms with Crippen molar-refractivity contribution in [2.24, 2.45) is 0 Å². The number of amides is 3. The van der Waals surface area contributed by atoms with Crippen molar-refractivity contribution in [2.45, 2.75) is 12.5 Å². The first-order valence-electron chi connectivity index (χ1n) is 5.58. The van der Waals surface area contributed by atoms with Crippen LogP contribution < -0.4 is 5.32 Å². The van der Waals surface area contributed by atoms with E-state index in [0.717, 1.165) is 0 Å². The summed E-state index contributed by atoms with van der Waals surface area (Å²) >= 11 is 0. The summed E-state index contributed by atoms with van der Waals surface area (Å²) in [6, 6.07) is -2.01. The summed E-state index contributed by atoms with van der Waals surface area (Å²) in [5.74, 6) is -1.51. The number of likely N-dealkylation sites (N-methyl/N-ethyl adjacent to an activating group) is 1. The molecule has 0 aromatic heterocycles. The standard InChI is InChI=1S/C10H17N3O5/c1-12-3-2-4-13(5-8(12)15)10(18)11-7(6-14)9(16)17/h7,14H,2-6H2,1H3,(H,11,18)(H,16,17)/t7-/m0/s1. The molecule has 1 aliphatic heterocycles. The van der Waals surface area contributed by atoms with Crippen molar-refractivity contribution in [3.05, 3.63) is 0 Å². The maximum Gasteiger partial charge on any atom is 0.328 e. The molecule has 1 saturated heterocycles. The summed E-state index contributed by atoms with van der Waals surface area (Å²) in [5, 5.41) is 19.7. The van der Waals surface area contributed by atoms with E-state index in [1.54, 1.807) is 7.05 Å². The van der Waals surface area contributed by atoms with Gasteiger partial charge in [-0.2, -0.15) is 0 Å². The fourth-order valence-electron chi connectivity index (χ4n) is 1.59. The van der Waals surface area contributed by atoms with E-state index in [9.17, 15) is 14.4 Å². The number of aliphatic hydroxyl groups is 1. The van der Waals surface area contributed by atoms with Gasteiger partial charge in [-0.1, -0.05) is 0 Å². The van der Waals surface area contributed by atoms with Crippen LogP contribution in [-0.4, -0.2) is 77.3 Å². The van der Waals surface area contributed by atoms with Gasteiger partial charge in [0.25, 0.3) is 0 Å². The van der Waals surface area contributed by atoms with Crippen LogP contribution in [0.25, 0.3) is 0 Å². The van der Waals surface area contributed by atoms with Crippen LogP contribution in [0.2, 0.25) is 0 Å². The number of carboxylic acids is 1. The van der Waals surface area contributed by atoms with Crippen molar-refractivity contribution in [3.8, 4) is 0 Å². The molecular formula is C10H17N3O5. The molecular weight excluding hydrogens is 242 g/mol. The topological polar surface area (TPSA) is 110 Å². The molecule has 0 spiro atoms. The van der Waals surface area contributed by atoms with Gasteiger partial charge in [0.15, 0.2) is 6.04 Å². The number of urea groups is 1. The zero-order valence-corrected chi connectivity index (χ0v) is 10.1. The zero-order chi connectivity index (χ0) is 13.7. The molecule has 0 saturated carbocycles. The summed E-state index contributed by atoms with van der Waals surface area (Å²) in [5.41, 5.74) is 0. The molecule has 8 heteroatoms. The molecule has 0 bridgehead atoms. The summed E-state index contributed by atoms with van der Waals surface area (Å²) in [6.45, 7) is 0.160. The summed E-state index contributed by atoms with van der Waals surface area (Å²) in [7, 11) is 1.65. The second-order valence-corrected chi connectivity index (χ2v) is 4.11. The highest BCUT2D eigenvalue weighted by atomic mass is 16.4. The number of aliphatic carboxylic acids is 1. The third-order valence-corrected chi connectivity index (χ3v) is 2.74. The molecule has 1 rings (SSSR count). The van der Waals surface area contributed by atoms with Gasteiger partial charge in [0.05, 0.1) is 6.61 Å². The summed E-state index contributed by atoms with van der Waals surface area (Å²) in [4.78, 5) is 36.7. The maximum absolute atomic E-state index is 11.7. The average molecular weight is 259 g/mol. The Morgan fingerprint density at radius 1 is 1.44 bits per heavy atom. The number of carboxylic acid groups (broad SMARTS) is 1. The van der Waals surface area contributed by atoms with E-state index in [-0.39, 0.29) is 12.5 Å². The summed E-state index contributed by atoms with van der Waals surface area (Å²) in [6.07, 6.45) is 0.631. The normalized spacial score (nSPS) is 18.2. The molecule has 8 nitrogen and oxygen atoms in total. The van der Waals surface area contributed by atoms with Crippen molar-refractivity contribution < 1.29 is 24.6 Å². The van der Waals surface area contributed by atoms with E-state index < -0.39 is 24.6 Å². The highest BCUT2D eigenvalue weighted by Gasteiger charge is 2.26. The Bertz CT molecular complexity index is 346. The Morgan fingerprint density at radius 3 is 2.67 bits per heavy atom. The molecule has 18 heavy (non-hydrogen) atoms. The second-order valence-electron chi connectivity index (χ2n) is 4.11. The molecule has 1 heterocycles. The number of carbonyl (C=O) groups excluding carboxylic acids is 2. The van der Waals surface area contributed by atoms with E-state index in [0.29, 0.717) is 19.5 Å². The molecule has 1 atom stereocenters. The van der Waals surface area contributed by atoms with Crippen molar-refractivity contribution >= 4 is 17.9 Å². The molecule has 1 fully saturated rings. The predicted octanol–water partition coefficient (Wildman–Crippen LogP) is -1.69. The van der Waals surface area contributed by atoms with E-state index in [1.165, 1.54) is 9.80 Å². The molecule has 0 radical (unpaired) electrons. The number of nitrogens with zero attached hydrogens (tertiary/aromatic N) is 2. The monoisotopic (exact) mass is 259 g/mol. The third kappa shape index (κ3) is 3.59. The number of aliphatic hydroxyl groups excluding tert-OH is 1. The van der Waals surface area contributed by atoms with Crippen molar-refractivity contribution in [2.75, 3.05) is 33.3 Å². The van der Waals surface area contributed by atoms with Crippen LogP contribution in [0.4, 0.5) is 4.79 Å². The van der Waals surface area contributed by atoms with Crippen LogP contribution in [0.5, 0.6) is 0 Å². The van der Waals surface area contributed by atoms with Gasteiger partial charge in [0.1, 0.15) is 6.54 Å². The number of rotatable bonds is 3. The first kappa shape index (κ1) is 14.2. The first-order chi connectivity index (χ1) is 8.45. The maximum atomic E-state index is 11.7. The quantitative estimate of drug-likeness (QED) is 0.560. The number of hydrogen-bond acceptors (Lipinski definition) is 4. The minimum Gasteiger partial charge on any atom is -0.480 e. The molecule has 0 aromatic carbocycles. The van der Waals surface area contributed by atoms with Gasteiger partial charge in [0, 0.05) is 20.1 Å². The minimum absolute atomic E-state index is 0.0832. The molecule has 102 valence electrons. The smallest absolute Gasteiger partial charge is 0.328 e. The van der Waals surface area contributed by atoms with Gasteiger partial charge in [-0.3, -0.25) is 4.79 Å². The van der Waals surface area contributed by atoms with Crippen LogP contribution >= 0.6 is 0 Å². The van der Waals surface area contributed by atoms with Gasteiger partial charge >= 0.3 is 12.0 Å². The van der Waals surface area contributed by atoms with Crippen LogP contribution in [0.1, 0.15) is 6.42 Å². The Kier molecular flexibility index (Phi) is 4.90.